The SMILES string of the molecule is CCOC(=O)C(Cc1ccccc1)NC(=O)Nc1ccc(O)c(F)c1. The van der Waals surface area contributed by atoms with E-state index < -0.39 is 29.6 Å². The van der Waals surface area contributed by atoms with E-state index in [-0.39, 0.29) is 18.7 Å². The summed E-state index contributed by atoms with van der Waals surface area (Å²) < 4.78 is 18.3. The molecular weight excluding hydrogens is 327 g/mol. The van der Waals surface area contributed by atoms with E-state index in [9.17, 15) is 14.0 Å². The van der Waals surface area contributed by atoms with Crippen LogP contribution in [-0.2, 0) is 16.0 Å². The van der Waals surface area contributed by atoms with E-state index in [1.54, 1.807) is 6.92 Å². The second kappa shape index (κ2) is 8.68. The normalized spacial score (nSPS) is 11.4. The van der Waals surface area contributed by atoms with E-state index >= 15 is 0 Å². The zero-order valence-electron chi connectivity index (χ0n) is 13.7. The molecule has 25 heavy (non-hydrogen) atoms. The average molecular weight is 346 g/mol. The lowest BCUT2D eigenvalue weighted by atomic mass is 10.1. The molecule has 132 valence electrons. The maximum atomic E-state index is 13.3. The van der Waals surface area contributed by atoms with Gasteiger partial charge < -0.3 is 20.5 Å². The number of urea groups is 1. The molecule has 0 fully saturated rings. The minimum Gasteiger partial charge on any atom is -0.505 e. The highest BCUT2D eigenvalue weighted by Gasteiger charge is 2.22. The summed E-state index contributed by atoms with van der Waals surface area (Å²) in [6, 6.07) is 11.1. The van der Waals surface area contributed by atoms with Crippen LogP contribution in [0.3, 0.4) is 0 Å². The molecule has 0 saturated heterocycles. The van der Waals surface area contributed by atoms with Gasteiger partial charge in [-0.25, -0.2) is 14.0 Å². The van der Waals surface area contributed by atoms with Crippen molar-refractivity contribution in [2.45, 2.75) is 19.4 Å². The highest BCUT2D eigenvalue weighted by Crippen LogP contribution is 2.19. The lowest BCUT2D eigenvalue weighted by Crippen LogP contribution is -2.45. The van der Waals surface area contributed by atoms with Gasteiger partial charge in [-0.3, -0.25) is 0 Å². The van der Waals surface area contributed by atoms with Gasteiger partial charge in [0, 0.05) is 18.2 Å². The van der Waals surface area contributed by atoms with Crippen LogP contribution >= 0.6 is 0 Å². The maximum Gasteiger partial charge on any atom is 0.329 e. The van der Waals surface area contributed by atoms with E-state index in [0.29, 0.717) is 0 Å². The van der Waals surface area contributed by atoms with E-state index in [1.807, 2.05) is 30.3 Å². The van der Waals surface area contributed by atoms with Crippen LogP contribution in [0.1, 0.15) is 12.5 Å². The molecule has 0 aliphatic rings. The molecule has 0 bridgehead atoms. The molecule has 2 aromatic rings. The van der Waals surface area contributed by atoms with E-state index in [0.717, 1.165) is 17.7 Å². The Balaban J connectivity index is 2.05. The number of phenols is 1. The summed E-state index contributed by atoms with van der Waals surface area (Å²) in [7, 11) is 0. The van der Waals surface area contributed by atoms with E-state index in [1.165, 1.54) is 6.07 Å². The molecular formula is C18H19FN2O4. The number of aromatic hydroxyl groups is 1. The van der Waals surface area contributed by atoms with E-state index in [2.05, 4.69) is 10.6 Å². The fourth-order valence-corrected chi connectivity index (χ4v) is 2.20. The van der Waals surface area contributed by atoms with Gasteiger partial charge in [0.05, 0.1) is 6.61 Å². The number of hydrogen-bond donors (Lipinski definition) is 3. The van der Waals surface area contributed by atoms with Crippen LogP contribution in [0.4, 0.5) is 14.9 Å². The number of benzene rings is 2. The Bertz CT molecular complexity index is 737. The molecule has 2 rings (SSSR count). The molecule has 2 amide bonds. The summed E-state index contributed by atoms with van der Waals surface area (Å²) >= 11 is 0. The summed E-state index contributed by atoms with van der Waals surface area (Å²) in [5.41, 5.74) is 1.01. The second-order valence-electron chi connectivity index (χ2n) is 5.26. The van der Waals surface area contributed by atoms with Crippen molar-refractivity contribution in [1.82, 2.24) is 5.32 Å². The van der Waals surface area contributed by atoms with Gasteiger partial charge in [-0.1, -0.05) is 30.3 Å². The van der Waals surface area contributed by atoms with Gasteiger partial charge in [0.25, 0.3) is 0 Å². The van der Waals surface area contributed by atoms with Crippen LogP contribution in [0.5, 0.6) is 5.75 Å². The summed E-state index contributed by atoms with van der Waals surface area (Å²) in [6.45, 7) is 1.87. The molecule has 0 radical (unpaired) electrons. The van der Waals surface area contributed by atoms with Gasteiger partial charge in [0.2, 0.25) is 0 Å². The molecule has 3 N–H and O–H groups in total. The fourth-order valence-electron chi connectivity index (χ4n) is 2.20. The molecule has 1 unspecified atom stereocenters. The number of nitrogens with one attached hydrogen (secondary N) is 2. The molecule has 6 nitrogen and oxygen atoms in total. The molecule has 0 heterocycles. The van der Waals surface area contributed by atoms with Crippen molar-refractivity contribution in [2.75, 3.05) is 11.9 Å². The van der Waals surface area contributed by atoms with Crippen LogP contribution in [0.2, 0.25) is 0 Å². The van der Waals surface area contributed by atoms with Crippen LogP contribution in [-0.4, -0.2) is 29.8 Å². The van der Waals surface area contributed by atoms with E-state index in [4.69, 9.17) is 9.84 Å². The van der Waals surface area contributed by atoms with Crippen molar-refractivity contribution in [2.24, 2.45) is 0 Å². The number of halogens is 1. The number of esters is 1. The molecule has 0 aromatic heterocycles. The monoisotopic (exact) mass is 346 g/mol. The molecule has 2 aromatic carbocycles. The predicted octanol–water partition coefficient (Wildman–Crippen LogP) is 2.83. The first-order chi connectivity index (χ1) is 12.0. The smallest absolute Gasteiger partial charge is 0.329 e. The molecule has 0 spiro atoms. The van der Waals surface area contributed by atoms with Crippen molar-refractivity contribution in [3.8, 4) is 5.75 Å². The Labute approximate surface area is 144 Å². The van der Waals surface area contributed by atoms with Crippen molar-refractivity contribution < 1.29 is 23.8 Å². The number of carbonyl (C=O) groups is 2. The minimum atomic E-state index is -0.885. The molecule has 0 aliphatic heterocycles. The van der Waals surface area contributed by atoms with Gasteiger partial charge in [-0.2, -0.15) is 0 Å². The molecule has 7 heteroatoms. The van der Waals surface area contributed by atoms with Crippen molar-refractivity contribution in [1.29, 1.82) is 0 Å². The highest BCUT2D eigenvalue weighted by molar-refractivity contribution is 5.92. The third-order valence-corrected chi connectivity index (χ3v) is 3.36. The summed E-state index contributed by atoms with van der Waals surface area (Å²) in [6.07, 6.45) is 0.261. The van der Waals surface area contributed by atoms with Gasteiger partial charge in [-0.15, -0.1) is 0 Å². The molecule has 0 aliphatic carbocycles. The Hall–Kier alpha value is -3.09. The predicted molar refractivity (Wildman–Crippen MR) is 90.8 cm³/mol. The van der Waals surface area contributed by atoms with Crippen molar-refractivity contribution in [3.05, 3.63) is 59.9 Å². The van der Waals surface area contributed by atoms with Gasteiger partial charge in [0.1, 0.15) is 6.04 Å². The average Bonchev–Trinajstić information content (AvgIpc) is 2.59. The highest BCUT2D eigenvalue weighted by atomic mass is 19.1. The number of anilines is 1. The molecule has 1 atom stereocenters. The standard InChI is InChI=1S/C18H19FN2O4/c1-2-25-17(23)15(10-12-6-4-3-5-7-12)21-18(24)20-13-8-9-16(22)14(19)11-13/h3-9,11,15,22H,2,10H2,1H3,(H2,20,21,24). The topological polar surface area (TPSA) is 87.7 Å². The van der Waals surface area contributed by atoms with Gasteiger partial charge in [0.15, 0.2) is 11.6 Å². The van der Waals surface area contributed by atoms with Crippen molar-refractivity contribution in [3.63, 3.8) is 0 Å². The largest absolute Gasteiger partial charge is 0.505 e. The van der Waals surface area contributed by atoms with Crippen LogP contribution in [0, 0.1) is 5.82 Å². The number of carbonyl (C=O) groups excluding carboxylic acids is 2. The summed E-state index contributed by atoms with van der Waals surface area (Å²) in [4.78, 5) is 24.2. The summed E-state index contributed by atoms with van der Waals surface area (Å²) in [5.74, 6) is -1.93. The van der Waals surface area contributed by atoms with Crippen LogP contribution in [0.15, 0.2) is 48.5 Å². The fraction of sp³-hybridized carbons (Fsp3) is 0.222. The number of phenolic OH excluding ortho intramolecular Hbond substituents is 1. The molecule has 0 saturated carbocycles. The Kier molecular flexibility index (Phi) is 6.33. The number of rotatable bonds is 6. The Morgan fingerprint density at radius 3 is 2.56 bits per heavy atom. The first kappa shape index (κ1) is 18.3. The van der Waals surface area contributed by atoms with Gasteiger partial charge in [-0.05, 0) is 24.6 Å². The lowest BCUT2D eigenvalue weighted by Gasteiger charge is -2.18. The zero-order valence-corrected chi connectivity index (χ0v) is 13.7. The first-order valence-electron chi connectivity index (χ1n) is 7.76. The lowest BCUT2D eigenvalue weighted by molar-refractivity contribution is -0.145. The third kappa shape index (κ3) is 5.49. The van der Waals surface area contributed by atoms with Crippen LogP contribution in [0.25, 0.3) is 0 Å². The Morgan fingerprint density at radius 1 is 1.20 bits per heavy atom. The Morgan fingerprint density at radius 2 is 1.92 bits per heavy atom. The second-order valence-corrected chi connectivity index (χ2v) is 5.26. The quantitative estimate of drug-likeness (QED) is 0.554. The minimum absolute atomic E-state index is 0.148. The zero-order chi connectivity index (χ0) is 18.2. The number of hydrogen-bond acceptors (Lipinski definition) is 4. The number of amides is 2. The van der Waals surface area contributed by atoms with Gasteiger partial charge >= 0.3 is 12.0 Å². The third-order valence-electron chi connectivity index (χ3n) is 3.36. The number of ether oxygens (including phenoxy) is 1. The first-order valence-corrected chi connectivity index (χ1v) is 7.76. The van der Waals surface area contributed by atoms with Crippen molar-refractivity contribution >= 4 is 17.7 Å². The maximum absolute atomic E-state index is 13.3. The van der Waals surface area contributed by atoms with Crippen LogP contribution < -0.4 is 10.6 Å². The summed E-state index contributed by atoms with van der Waals surface area (Å²) in [5, 5.41) is 14.1.